The first-order valence-corrected chi connectivity index (χ1v) is 6.63. The Balaban J connectivity index is 1.95. The highest BCUT2D eigenvalue weighted by atomic mass is 35.5. The molecule has 0 fully saturated rings. The molecule has 0 aliphatic rings. The molecular formula is C13H12ClFN4O3. The van der Waals surface area contributed by atoms with Gasteiger partial charge in [-0.3, -0.25) is 9.36 Å². The Morgan fingerprint density at radius 2 is 2.27 bits per heavy atom. The van der Waals surface area contributed by atoms with Gasteiger partial charge in [-0.2, -0.15) is 0 Å². The number of nitrogens with zero attached hydrogens (tertiary/aromatic N) is 3. The largest absolute Gasteiger partial charge is 0.381 e. The fraction of sp³-hybridized carbons (Fsp3) is 0.231. The summed E-state index contributed by atoms with van der Waals surface area (Å²) >= 11 is 5.65. The average Bonchev–Trinajstić information content (AvgIpc) is 2.82. The number of nitro groups is 1. The maximum absolute atomic E-state index is 13.0. The van der Waals surface area contributed by atoms with Crippen LogP contribution in [0.15, 0.2) is 24.4 Å². The van der Waals surface area contributed by atoms with E-state index in [1.165, 1.54) is 29.0 Å². The van der Waals surface area contributed by atoms with Crippen molar-refractivity contribution in [1.82, 2.24) is 14.9 Å². The third kappa shape index (κ3) is 3.79. The SMILES string of the molecule is Cc1nc([N+](=O)[O-])cn1CC(=O)NCc1ccc(F)c(Cl)c1. The smallest absolute Gasteiger partial charge is 0.358 e. The number of halogens is 2. The van der Waals surface area contributed by atoms with Crippen molar-refractivity contribution in [2.24, 2.45) is 0 Å². The van der Waals surface area contributed by atoms with Gasteiger partial charge in [0.25, 0.3) is 0 Å². The number of nitrogens with one attached hydrogen (secondary N) is 1. The van der Waals surface area contributed by atoms with Crippen LogP contribution in [-0.2, 0) is 17.9 Å². The molecule has 0 radical (unpaired) electrons. The average molecular weight is 327 g/mol. The minimum absolute atomic E-state index is 0.0205. The molecule has 0 bridgehead atoms. The Morgan fingerprint density at radius 1 is 1.55 bits per heavy atom. The van der Waals surface area contributed by atoms with Crippen LogP contribution >= 0.6 is 11.6 Å². The van der Waals surface area contributed by atoms with Gasteiger partial charge in [-0.05, 0) is 27.6 Å². The van der Waals surface area contributed by atoms with Gasteiger partial charge in [0, 0.05) is 13.5 Å². The molecular weight excluding hydrogens is 315 g/mol. The second kappa shape index (κ2) is 6.52. The van der Waals surface area contributed by atoms with Crippen molar-refractivity contribution in [1.29, 1.82) is 0 Å². The lowest BCUT2D eigenvalue weighted by atomic mass is 10.2. The van der Waals surface area contributed by atoms with Crippen molar-refractivity contribution < 1.29 is 14.1 Å². The molecule has 0 saturated carbocycles. The fourth-order valence-corrected chi connectivity index (χ4v) is 2.00. The first kappa shape index (κ1) is 15.9. The molecule has 0 spiro atoms. The first-order valence-electron chi connectivity index (χ1n) is 6.25. The number of imidazole rings is 1. The number of aromatic nitrogens is 2. The van der Waals surface area contributed by atoms with Crippen LogP contribution in [0.2, 0.25) is 5.02 Å². The van der Waals surface area contributed by atoms with E-state index in [0.717, 1.165) is 0 Å². The Labute approximate surface area is 129 Å². The molecule has 7 nitrogen and oxygen atoms in total. The van der Waals surface area contributed by atoms with E-state index in [-0.39, 0.29) is 29.8 Å². The first-order chi connectivity index (χ1) is 10.4. The van der Waals surface area contributed by atoms with Gasteiger partial charge in [-0.15, -0.1) is 0 Å². The molecule has 9 heteroatoms. The van der Waals surface area contributed by atoms with E-state index in [1.807, 2.05) is 0 Å². The number of hydrogen-bond donors (Lipinski definition) is 1. The summed E-state index contributed by atoms with van der Waals surface area (Å²) in [5.74, 6) is -0.823. The van der Waals surface area contributed by atoms with Crippen molar-refractivity contribution in [2.45, 2.75) is 20.0 Å². The molecule has 1 N–H and O–H groups in total. The van der Waals surface area contributed by atoms with Gasteiger partial charge in [-0.1, -0.05) is 17.7 Å². The van der Waals surface area contributed by atoms with Gasteiger partial charge in [0.1, 0.15) is 18.6 Å². The number of amides is 1. The predicted octanol–water partition coefficient (Wildman–Crippen LogP) is 2.21. The normalized spacial score (nSPS) is 10.5. The molecule has 116 valence electrons. The van der Waals surface area contributed by atoms with Crippen molar-refractivity contribution in [3.63, 3.8) is 0 Å². The summed E-state index contributed by atoms with van der Waals surface area (Å²) in [4.78, 5) is 25.5. The Morgan fingerprint density at radius 3 is 2.86 bits per heavy atom. The molecule has 0 atom stereocenters. The number of aryl methyl sites for hydroxylation is 1. The monoisotopic (exact) mass is 326 g/mol. The van der Waals surface area contributed by atoms with Crippen LogP contribution in [0.3, 0.4) is 0 Å². The molecule has 0 aliphatic carbocycles. The fourth-order valence-electron chi connectivity index (χ4n) is 1.80. The number of carbonyl (C=O) groups is 1. The molecule has 1 aromatic carbocycles. The summed E-state index contributed by atoms with van der Waals surface area (Å²) in [7, 11) is 0. The third-order valence-electron chi connectivity index (χ3n) is 2.94. The van der Waals surface area contributed by atoms with Crippen molar-refractivity contribution in [2.75, 3.05) is 0 Å². The number of benzene rings is 1. The van der Waals surface area contributed by atoms with Crippen molar-refractivity contribution >= 4 is 23.3 Å². The zero-order valence-electron chi connectivity index (χ0n) is 11.5. The zero-order valence-corrected chi connectivity index (χ0v) is 12.3. The standard InChI is InChI=1S/C13H12ClFN4O3/c1-8-17-12(19(21)22)6-18(8)7-13(20)16-5-9-2-3-11(15)10(14)4-9/h2-4,6H,5,7H2,1H3,(H,16,20). The minimum atomic E-state index is -0.623. The van der Waals surface area contributed by atoms with E-state index >= 15 is 0 Å². The minimum Gasteiger partial charge on any atom is -0.358 e. The van der Waals surface area contributed by atoms with Crippen LogP contribution in [0.5, 0.6) is 0 Å². The quantitative estimate of drug-likeness (QED) is 0.673. The van der Waals surface area contributed by atoms with Crippen LogP contribution in [-0.4, -0.2) is 20.4 Å². The Kier molecular flexibility index (Phi) is 4.71. The van der Waals surface area contributed by atoms with Crippen LogP contribution in [0.4, 0.5) is 10.2 Å². The van der Waals surface area contributed by atoms with Gasteiger partial charge in [0.15, 0.2) is 0 Å². The number of carbonyl (C=O) groups excluding carboxylic acids is 1. The van der Waals surface area contributed by atoms with E-state index in [4.69, 9.17) is 11.6 Å². The lowest BCUT2D eigenvalue weighted by molar-refractivity contribution is -0.389. The zero-order chi connectivity index (χ0) is 16.3. The van der Waals surface area contributed by atoms with E-state index in [9.17, 15) is 19.3 Å². The summed E-state index contributed by atoms with van der Waals surface area (Å²) in [5, 5.41) is 13.2. The Bertz CT molecular complexity index is 732. The molecule has 1 amide bonds. The summed E-state index contributed by atoms with van der Waals surface area (Å²) in [5.41, 5.74) is 0.646. The van der Waals surface area contributed by atoms with Gasteiger partial charge >= 0.3 is 5.82 Å². The maximum atomic E-state index is 13.0. The topological polar surface area (TPSA) is 90.1 Å². The van der Waals surface area contributed by atoms with Gasteiger partial charge in [0.05, 0.1) is 5.02 Å². The van der Waals surface area contributed by atoms with E-state index < -0.39 is 10.7 Å². The van der Waals surface area contributed by atoms with E-state index in [0.29, 0.717) is 11.4 Å². The lowest BCUT2D eigenvalue weighted by Gasteiger charge is -2.06. The molecule has 1 aromatic heterocycles. The summed E-state index contributed by atoms with van der Waals surface area (Å²) in [6, 6.07) is 4.15. The molecule has 2 rings (SSSR count). The summed E-state index contributed by atoms with van der Waals surface area (Å²) < 4.78 is 14.4. The molecule has 0 aliphatic heterocycles. The molecule has 2 aromatic rings. The highest BCUT2D eigenvalue weighted by Crippen LogP contribution is 2.16. The van der Waals surface area contributed by atoms with E-state index in [2.05, 4.69) is 10.3 Å². The molecule has 0 saturated heterocycles. The molecule has 1 heterocycles. The van der Waals surface area contributed by atoms with Crippen LogP contribution < -0.4 is 5.32 Å². The molecule has 0 unspecified atom stereocenters. The lowest BCUT2D eigenvalue weighted by Crippen LogP contribution is -2.27. The summed E-state index contributed by atoms with van der Waals surface area (Å²) in [6.45, 7) is 1.65. The van der Waals surface area contributed by atoms with Crippen molar-refractivity contribution in [3.05, 3.63) is 56.7 Å². The van der Waals surface area contributed by atoms with Gasteiger partial charge in [0.2, 0.25) is 11.7 Å². The highest BCUT2D eigenvalue weighted by molar-refractivity contribution is 6.30. The second-order valence-corrected chi connectivity index (χ2v) is 4.96. The van der Waals surface area contributed by atoms with Crippen LogP contribution in [0.25, 0.3) is 0 Å². The van der Waals surface area contributed by atoms with Crippen LogP contribution in [0, 0.1) is 22.9 Å². The van der Waals surface area contributed by atoms with E-state index in [1.54, 1.807) is 6.92 Å². The number of rotatable bonds is 5. The van der Waals surface area contributed by atoms with Gasteiger partial charge < -0.3 is 15.4 Å². The second-order valence-electron chi connectivity index (χ2n) is 4.56. The Hall–Kier alpha value is -2.48. The highest BCUT2D eigenvalue weighted by Gasteiger charge is 2.16. The van der Waals surface area contributed by atoms with Crippen LogP contribution in [0.1, 0.15) is 11.4 Å². The van der Waals surface area contributed by atoms with Crippen molar-refractivity contribution in [3.8, 4) is 0 Å². The molecule has 22 heavy (non-hydrogen) atoms. The third-order valence-corrected chi connectivity index (χ3v) is 3.23. The van der Waals surface area contributed by atoms with Gasteiger partial charge in [-0.25, -0.2) is 4.39 Å². The predicted molar refractivity (Wildman–Crippen MR) is 76.9 cm³/mol. The number of hydrogen-bond acceptors (Lipinski definition) is 4. The maximum Gasteiger partial charge on any atom is 0.381 e. The summed E-state index contributed by atoms with van der Waals surface area (Å²) in [6.07, 6.45) is 1.20.